The lowest BCUT2D eigenvalue weighted by molar-refractivity contribution is -0.183. The summed E-state index contributed by atoms with van der Waals surface area (Å²) in [4.78, 5) is 24.5. The second-order valence-corrected chi connectivity index (χ2v) is 4.62. The van der Waals surface area contributed by atoms with E-state index >= 15 is 0 Å². The molecule has 0 bridgehead atoms. The van der Waals surface area contributed by atoms with E-state index in [2.05, 4.69) is 0 Å². The van der Waals surface area contributed by atoms with Crippen molar-refractivity contribution < 1.29 is 19.4 Å². The molecule has 5 nitrogen and oxygen atoms in total. The Hall–Kier alpha value is -1.40. The normalized spacial score (nSPS) is 17.6. The summed E-state index contributed by atoms with van der Waals surface area (Å²) in [6, 6.07) is 3.59. The fourth-order valence-corrected chi connectivity index (χ4v) is 2.22. The molecule has 16 heavy (non-hydrogen) atoms. The molecule has 1 saturated heterocycles. The summed E-state index contributed by atoms with van der Waals surface area (Å²) in [5, 5.41) is 11.6. The van der Waals surface area contributed by atoms with Crippen LogP contribution < -0.4 is 4.90 Å². The van der Waals surface area contributed by atoms with Crippen LogP contribution in [0.2, 0.25) is 0 Å². The van der Waals surface area contributed by atoms with E-state index in [9.17, 15) is 9.59 Å². The molecule has 0 radical (unpaired) electrons. The number of carbonyl (C=O) groups excluding carboxylic acids is 1. The number of thiophene rings is 1. The monoisotopic (exact) mass is 241 g/mol. The van der Waals surface area contributed by atoms with E-state index in [1.165, 1.54) is 16.2 Å². The van der Waals surface area contributed by atoms with Gasteiger partial charge in [-0.2, -0.15) is 0 Å². The van der Waals surface area contributed by atoms with Gasteiger partial charge in [0.15, 0.2) is 5.41 Å². The number of hydrogen-bond acceptors (Lipinski definition) is 4. The predicted molar refractivity (Wildman–Crippen MR) is 58.6 cm³/mol. The molecule has 1 N–H and O–H groups in total. The van der Waals surface area contributed by atoms with Crippen LogP contribution in [0.25, 0.3) is 0 Å². The maximum Gasteiger partial charge on any atom is 0.324 e. The van der Waals surface area contributed by atoms with Gasteiger partial charge < -0.3 is 14.7 Å². The van der Waals surface area contributed by atoms with Crippen LogP contribution in [0.3, 0.4) is 0 Å². The van der Waals surface area contributed by atoms with E-state index in [1.807, 2.05) is 11.4 Å². The molecule has 1 amide bonds. The van der Waals surface area contributed by atoms with Crippen molar-refractivity contribution in [2.75, 3.05) is 25.2 Å². The lowest BCUT2D eigenvalue weighted by Gasteiger charge is -2.37. The van der Waals surface area contributed by atoms with Gasteiger partial charge in [0.1, 0.15) is 0 Å². The second-order valence-electron chi connectivity index (χ2n) is 3.70. The molecule has 1 aliphatic rings. The number of carboxylic acids is 1. The number of ether oxygens (including phenoxy) is 1. The van der Waals surface area contributed by atoms with Gasteiger partial charge >= 0.3 is 5.97 Å². The highest BCUT2D eigenvalue weighted by Gasteiger charge is 2.54. The molecule has 2 rings (SSSR count). The van der Waals surface area contributed by atoms with Crippen molar-refractivity contribution in [2.45, 2.75) is 0 Å². The first-order valence-electron chi connectivity index (χ1n) is 4.71. The van der Waals surface area contributed by atoms with Gasteiger partial charge in [-0.05, 0) is 17.5 Å². The van der Waals surface area contributed by atoms with Crippen molar-refractivity contribution >= 4 is 28.2 Å². The molecule has 0 spiro atoms. The Morgan fingerprint density at radius 2 is 2.25 bits per heavy atom. The molecule has 0 saturated carbocycles. The van der Waals surface area contributed by atoms with E-state index in [0.29, 0.717) is 0 Å². The summed E-state index contributed by atoms with van der Waals surface area (Å²) in [7, 11) is 1.58. The second kappa shape index (κ2) is 3.88. The van der Waals surface area contributed by atoms with Gasteiger partial charge in [0.2, 0.25) is 5.91 Å². The van der Waals surface area contributed by atoms with Gasteiger partial charge in [0.05, 0.1) is 18.2 Å². The summed E-state index contributed by atoms with van der Waals surface area (Å²) >= 11 is 1.39. The number of carboxylic acid groups (broad SMARTS) is 1. The molecule has 0 aromatic carbocycles. The Labute approximate surface area is 96.2 Å². The Balaban J connectivity index is 2.22. The highest BCUT2D eigenvalue weighted by molar-refractivity contribution is 7.14. The Kier molecular flexibility index (Phi) is 2.69. The maximum atomic E-state index is 12.1. The van der Waals surface area contributed by atoms with Crippen LogP contribution >= 0.6 is 11.3 Å². The molecule has 0 atom stereocenters. The molecule has 86 valence electrons. The molecule has 1 aromatic rings. The first kappa shape index (κ1) is 11.1. The molecule has 0 unspecified atom stereocenters. The van der Waals surface area contributed by atoms with Gasteiger partial charge in [-0.1, -0.05) is 0 Å². The minimum atomic E-state index is -1.39. The van der Waals surface area contributed by atoms with Crippen LogP contribution in [0.4, 0.5) is 5.00 Å². The van der Waals surface area contributed by atoms with Crippen LogP contribution in [-0.2, 0) is 14.3 Å². The Morgan fingerprint density at radius 3 is 2.62 bits per heavy atom. The smallest absolute Gasteiger partial charge is 0.324 e. The van der Waals surface area contributed by atoms with E-state index in [1.54, 1.807) is 13.1 Å². The predicted octanol–water partition coefficient (Wildman–Crippen LogP) is 0.812. The Bertz CT molecular complexity index is 410. The number of nitrogens with zero attached hydrogens (tertiary/aromatic N) is 1. The van der Waals surface area contributed by atoms with Gasteiger partial charge in [0, 0.05) is 7.05 Å². The third kappa shape index (κ3) is 1.50. The number of carbonyl (C=O) groups is 2. The molecular formula is C10H11NO4S. The third-order valence-corrected chi connectivity index (χ3v) is 3.60. The fraction of sp³-hybridized carbons (Fsp3) is 0.400. The first-order valence-corrected chi connectivity index (χ1v) is 5.59. The highest BCUT2D eigenvalue weighted by Crippen LogP contribution is 2.32. The topological polar surface area (TPSA) is 66.8 Å². The number of aliphatic carboxylic acids is 1. The lowest BCUT2D eigenvalue weighted by atomic mass is 9.84. The van der Waals surface area contributed by atoms with Crippen molar-refractivity contribution in [3.8, 4) is 0 Å². The standard InChI is InChI=1S/C10H11NO4S/c1-11(7-3-2-4-16-7)8(12)10(9(13)14)5-15-6-10/h2-4H,5-6H2,1H3,(H,13,14). The van der Waals surface area contributed by atoms with E-state index in [-0.39, 0.29) is 13.2 Å². The molecule has 0 aliphatic carbocycles. The quantitative estimate of drug-likeness (QED) is 0.795. The van der Waals surface area contributed by atoms with Crippen LogP contribution in [-0.4, -0.2) is 37.2 Å². The van der Waals surface area contributed by atoms with Crippen LogP contribution in [0.1, 0.15) is 0 Å². The fourth-order valence-electron chi connectivity index (χ4n) is 1.53. The summed E-state index contributed by atoms with van der Waals surface area (Å²) < 4.78 is 4.86. The summed E-state index contributed by atoms with van der Waals surface area (Å²) in [6.07, 6.45) is 0. The summed E-state index contributed by atoms with van der Waals surface area (Å²) in [5.74, 6) is -1.54. The van der Waals surface area contributed by atoms with Crippen LogP contribution in [0.15, 0.2) is 17.5 Å². The zero-order chi connectivity index (χ0) is 11.8. The van der Waals surface area contributed by atoms with Gasteiger partial charge in [-0.3, -0.25) is 9.59 Å². The lowest BCUT2D eigenvalue weighted by Crippen LogP contribution is -2.59. The molecule has 6 heteroatoms. The van der Waals surface area contributed by atoms with Crippen molar-refractivity contribution in [1.29, 1.82) is 0 Å². The van der Waals surface area contributed by atoms with Gasteiger partial charge in [-0.25, -0.2) is 0 Å². The SMILES string of the molecule is CN(C(=O)C1(C(=O)O)COC1)c1cccs1. The van der Waals surface area contributed by atoms with Crippen molar-refractivity contribution in [2.24, 2.45) is 5.41 Å². The van der Waals surface area contributed by atoms with Crippen LogP contribution in [0, 0.1) is 5.41 Å². The molecule has 1 aromatic heterocycles. The first-order chi connectivity index (χ1) is 7.58. The molecule has 2 heterocycles. The number of anilines is 1. The van der Waals surface area contributed by atoms with Crippen LogP contribution in [0.5, 0.6) is 0 Å². The largest absolute Gasteiger partial charge is 0.480 e. The Morgan fingerprint density at radius 1 is 1.56 bits per heavy atom. The van der Waals surface area contributed by atoms with Gasteiger partial charge in [0.25, 0.3) is 0 Å². The summed E-state index contributed by atoms with van der Waals surface area (Å²) in [6.45, 7) is -0.0895. The van der Waals surface area contributed by atoms with Crippen molar-refractivity contribution in [3.63, 3.8) is 0 Å². The van der Waals surface area contributed by atoms with Crippen molar-refractivity contribution in [1.82, 2.24) is 0 Å². The van der Waals surface area contributed by atoms with Gasteiger partial charge in [-0.15, -0.1) is 11.3 Å². The zero-order valence-electron chi connectivity index (χ0n) is 8.67. The molecular weight excluding hydrogens is 230 g/mol. The van der Waals surface area contributed by atoms with E-state index in [4.69, 9.17) is 9.84 Å². The number of hydrogen-bond donors (Lipinski definition) is 1. The minimum Gasteiger partial charge on any atom is -0.480 e. The maximum absolute atomic E-state index is 12.1. The average molecular weight is 241 g/mol. The summed E-state index contributed by atoms with van der Waals surface area (Å²) in [5.41, 5.74) is -1.39. The molecule has 1 aliphatic heterocycles. The number of amides is 1. The van der Waals surface area contributed by atoms with E-state index in [0.717, 1.165) is 5.00 Å². The zero-order valence-corrected chi connectivity index (χ0v) is 9.49. The molecule has 1 fully saturated rings. The number of rotatable bonds is 3. The van der Waals surface area contributed by atoms with Crippen molar-refractivity contribution in [3.05, 3.63) is 17.5 Å². The van der Waals surface area contributed by atoms with E-state index < -0.39 is 17.3 Å². The third-order valence-electron chi connectivity index (χ3n) is 2.66. The average Bonchev–Trinajstić information content (AvgIpc) is 2.66. The minimum absolute atomic E-state index is 0.0448. The highest BCUT2D eigenvalue weighted by atomic mass is 32.1.